The molecule has 0 bridgehead atoms. The van der Waals surface area contributed by atoms with Gasteiger partial charge in [0, 0.05) is 17.3 Å². The molecule has 3 rings (SSSR count). The highest BCUT2D eigenvalue weighted by Crippen LogP contribution is 2.23. The number of carbonyl (C=O) groups excluding carboxylic acids is 1. The number of thiophene rings is 1. The molecule has 1 unspecified atom stereocenters. The maximum absolute atomic E-state index is 12.3. The van der Waals surface area contributed by atoms with Crippen LogP contribution in [0.5, 0.6) is 0 Å². The number of carbonyl (C=O) groups is 1. The molecule has 1 aromatic heterocycles. The van der Waals surface area contributed by atoms with Crippen LogP contribution in [0, 0.1) is 0 Å². The summed E-state index contributed by atoms with van der Waals surface area (Å²) in [6.07, 6.45) is 2.37. The van der Waals surface area contributed by atoms with Gasteiger partial charge in [-0.25, -0.2) is 0 Å². The molecule has 2 atom stereocenters. The van der Waals surface area contributed by atoms with Crippen molar-refractivity contribution >= 4 is 38.9 Å². The third-order valence-corrected chi connectivity index (χ3v) is 5.58. The smallest absolute Gasteiger partial charge is 0.279 e. The molecule has 0 aliphatic carbocycles. The summed E-state index contributed by atoms with van der Waals surface area (Å²) < 4.78 is 0.921. The standard InChI is InChI=1S/C16H17BrN2OS/c17-12-5-1-2-6-13(12)18-16(20)11-19-9-3-7-14(19)15-8-4-10-21-15/h1-2,4-6,8,10,14H,3,7,9,11H2,(H,18,20)/p+1/t14-/m1/s1. The molecule has 21 heavy (non-hydrogen) atoms. The minimum Gasteiger partial charge on any atom is -0.320 e. The summed E-state index contributed by atoms with van der Waals surface area (Å²) in [7, 11) is 0. The zero-order chi connectivity index (χ0) is 14.7. The topological polar surface area (TPSA) is 33.5 Å². The summed E-state index contributed by atoms with van der Waals surface area (Å²) in [6, 6.07) is 12.5. The van der Waals surface area contributed by atoms with E-state index in [4.69, 9.17) is 0 Å². The number of halogens is 1. The van der Waals surface area contributed by atoms with E-state index in [-0.39, 0.29) is 5.91 Å². The highest BCUT2D eigenvalue weighted by atomic mass is 79.9. The number of rotatable bonds is 4. The molecule has 1 aliphatic heterocycles. The van der Waals surface area contributed by atoms with Crippen LogP contribution in [0.15, 0.2) is 46.3 Å². The van der Waals surface area contributed by atoms with Crippen LogP contribution in [0.2, 0.25) is 0 Å². The van der Waals surface area contributed by atoms with E-state index in [9.17, 15) is 4.79 Å². The van der Waals surface area contributed by atoms with Gasteiger partial charge in [0.15, 0.2) is 6.54 Å². The minimum absolute atomic E-state index is 0.0837. The first-order valence-electron chi connectivity index (χ1n) is 7.16. The molecule has 3 nitrogen and oxygen atoms in total. The van der Waals surface area contributed by atoms with Gasteiger partial charge in [0.25, 0.3) is 5.91 Å². The first-order chi connectivity index (χ1) is 10.2. The van der Waals surface area contributed by atoms with Crippen molar-refractivity contribution in [3.05, 3.63) is 51.1 Å². The predicted molar refractivity (Wildman–Crippen MR) is 89.8 cm³/mol. The van der Waals surface area contributed by atoms with Crippen molar-refractivity contribution in [1.29, 1.82) is 0 Å². The molecule has 1 saturated heterocycles. The maximum atomic E-state index is 12.3. The first kappa shape index (κ1) is 14.8. The monoisotopic (exact) mass is 365 g/mol. The average Bonchev–Trinajstić information content (AvgIpc) is 3.11. The summed E-state index contributed by atoms with van der Waals surface area (Å²) >= 11 is 5.26. The molecule has 1 aromatic carbocycles. The van der Waals surface area contributed by atoms with Crippen LogP contribution in [0.3, 0.4) is 0 Å². The highest BCUT2D eigenvalue weighted by molar-refractivity contribution is 9.10. The van der Waals surface area contributed by atoms with Crippen molar-refractivity contribution < 1.29 is 9.69 Å². The van der Waals surface area contributed by atoms with Crippen LogP contribution in [-0.4, -0.2) is 19.0 Å². The van der Waals surface area contributed by atoms with E-state index in [1.54, 1.807) is 11.3 Å². The van der Waals surface area contributed by atoms with E-state index >= 15 is 0 Å². The van der Waals surface area contributed by atoms with Gasteiger partial charge in [-0.3, -0.25) is 4.79 Å². The molecule has 1 aliphatic rings. The molecule has 1 fully saturated rings. The molecular weight excluding hydrogens is 348 g/mol. The number of likely N-dealkylation sites (tertiary alicyclic amines) is 1. The number of para-hydroxylation sites is 1. The van der Waals surface area contributed by atoms with Gasteiger partial charge >= 0.3 is 0 Å². The van der Waals surface area contributed by atoms with Gasteiger partial charge in [0.05, 0.1) is 17.1 Å². The number of amides is 1. The van der Waals surface area contributed by atoms with Gasteiger partial charge in [0.1, 0.15) is 6.04 Å². The van der Waals surface area contributed by atoms with Crippen LogP contribution in [0.1, 0.15) is 23.8 Å². The van der Waals surface area contributed by atoms with E-state index in [1.165, 1.54) is 22.6 Å². The normalized spacial score (nSPS) is 21.4. The third-order valence-electron chi connectivity index (χ3n) is 3.91. The molecule has 0 spiro atoms. The molecule has 110 valence electrons. The molecule has 2 N–H and O–H groups in total. The molecule has 2 aromatic rings. The van der Waals surface area contributed by atoms with Crippen molar-refractivity contribution in [3.63, 3.8) is 0 Å². The van der Waals surface area contributed by atoms with Crippen molar-refractivity contribution in [1.82, 2.24) is 0 Å². The Hall–Kier alpha value is -1.17. The lowest BCUT2D eigenvalue weighted by Crippen LogP contribution is -3.11. The maximum Gasteiger partial charge on any atom is 0.279 e. The van der Waals surface area contributed by atoms with Crippen LogP contribution >= 0.6 is 27.3 Å². The third kappa shape index (κ3) is 3.54. The number of nitrogens with one attached hydrogen (secondary N) is 2. The minimum atomic E-state index is 0.0837. The lowest BCUT2D eigenvalue weighted by atomic mass is 10.2. The lowest BCUT2D eigenvalue weighted by molar-refractivity contribution is -0.910. The van der Waals surface area contributed by atoms with Gasteiger partial charge in [-0.2, -0.15) is 0 Å². The Morgan fingerprint density at radius 1 is 1.33 bits per heavy atom. The van der Waals surface area contributed by atoms with E-state index in [1.807, 2.05) is 24.3 Å². The fourth-order valence-electron chi connectivity index (χ4n) is 2.92. The summed E-state index contributed by atoms with van der Waals surface area (Å²) in [5, 5.41) is 5.12. The Morgan fingerprint density at radius 2 is 2.19 bits per heavy atom. The van der Waals surface area contributed by atoms with Crippen molar-refractivity contribution in [2.45, 2.75) is 18.9 Å². The van der Waals surface area contributed by atoms with Crippen molar-refractivity contribution in [2.75, 3.05) is 18.4 Å². The summed E-state index contributed by atoms with van der Waals surface area (Å²) in [6.45, 7) is 1.61. The Bertz CT molecular complexity index is 614. The van der Waals surface area contributed by atoms with Crippen LogP contribution < -0.4 is 10.2 Å². The second-order valence-corrected chi connectivity index (χ2v) is 7.16. The van der Waals surface area contributed by atoms with E-state index in [0.29, 0.717) is 12.6 Å². The predicted octanol–water partition coefficient (Wildman–Crippen LogP) is 2.87. The van der Waals surface area contributed by atoms with Crippen molar-refractivity contribution in [3.8, 4) is 0 Å². The Kier molecular flexibility index (Phi) is 4.73. The van der Waals surface area contributed by atoms with Gasteiger partial charge in [0.2, 0.25) is 0 Å². The van der Waals surface area contributed by atoms with E-state index in [2.05, 4.69) is 38.8 Å². The van der Waals surface area contributed by atoms with Gasteiger partial charge < -0.3 is 10.2 Å². The molecular formula is C16H18BrN2OS+. The van der Waals surface area contributed by atoms with Crippen LogP contribution in [0.4, 0.5) is 5.69 Å². The molecule has 0 saturated carbocycles. The Morgan fingerprint density at radius 3 is 2.95 bits per heavy atom. The molecule has 5 heteroatoms. The van der Waals surface area contributed by atoms with E-state index in [0.717, 1.165) is 16.7 Å². The summed E-state index contributed by atoms with van der Waals surface area (Å²) in [5.41, 5.74) is 0.841. The lowest BCUT2D eigenvalue weighted by Gasteiger charge is -2.20. The number of benzene rings is 1. The molecule has 0 radical (unpaired) electrons. The van der Waals surface area contributed by atoms with Gasteiger partial charge in [-0.1, -0.05) is 18.2 Å². The quantitative estimate of drug-likeness (QED) is 0.857. The van der Waals surface area contributed by atoms with Crippen LogP contribution in [0.25, 0.3) is 0 Å². The second kappa shape index (κ2) is 6.73. The first-order valence-corrected chi connectivity index (χ1v) is 8.83. The average molecular weight is 366 g/mol. The zero-order valence-corrected chi connectivity index (χ0v) is 14.0. The number of hydrogen-bond donors (Lipinski definition) is 2. The van der Waals surface area contributed by atoms with Crippen molar-refractivity contribution in [2.24, 2.45) is 0 Å². The Labute approximate surface area is 137 Å². The SMILES string of the molecule is O=C(C[NH+]1CCC[C@@H]1c1cccs1)Nc1ccccc1Br. The highest BCUT2D eigenvalue weighted by Gasteiger charge is 2.32. The van der Waals surface area contributed by atoms with E-state index < -0.39 is 0 Å². The largest absolute Gasteiger partial charge is 0.320 e. The number of anilines is 1. The Balaban J connectivity index is 1.63. The van der Waals surface area contributed by atoms with Crippen LogP contribution in [-0.2, 0) is 4.79 Å². The second-order valence-electron chi connectivity index (χ2n) is 5.32. The zero-order valence-electron chi connectivity index (χ0n) is 11.6. The van der Waals surface area contributed by atoms with Gasteiger partial charge in [-0.05, 0) is 39.5 Å². The number of quaternary nitrogens is 1. The summed E-state index contributed by atoms with van der Waals surface area (Å²) in [4.78, 5) is 15.1. The molecule has 2 heterocycles. The fourth-order valence-corrected chi connectivity index (χ4v) is 4.22. The molecule has 1 amide bonds. The summed E-state index contributed by atoms with van der Waals surface area (Å²) in [5.74, 6) is 0.0837. The fraction of sp³-hybridized carbons (Fsp3) is 0.312. The number of hydrogen-bond acceptors (Lipinski definition) is 2. The van der Waals surface area contributed by atoms with Gasteiger partial charge in [-0.15, -0.1) is 11.3 Å².